The highest BCUT2D eigenvalue weighted by atomic mass is 19.4. The van der Waals surface area contributed by atoms with Crippen LogP contribution in [0.2, 0.25) is 0 Å². The van der Waals surface area contributed by atoms with Crippen LogP contribution in [0.1, 0.15) is 23.6 Å². The molecule has 3 N–H and O–H groups in total. The van der Waals surface area contributed by atoms with Crippen molar-refractivity contribution in [3.8, 4) is 0 Å². The summed E-state index contributed by atoms with van der Waals surface area (Å²) in [5.41, 5.74) is -0.0718. The van der Waals surface area contributed by atoms with Crippen molar-refractivity contribution in [2.45, 2.75) is 38.0 Å². The van der Waals surface area contributed by atoms with Crippen molar-refractivity contribution < 1.29 is 37.1 Å². The molecule has 6 nitrogen and oxygen atoms in total. The molecule has 0 heterocycles. The van der Waals surface area contributed by atoms with Crippen LogP contribution in [0.15, 0.2) is 48.5 Å². The van der Waals surface area contributed by atoms with Crippen LogP contribution in [-0.4, -0.2) is 35.0 Å². The van der Waals surface area contributed by atoms with Gasteiger partial charge >= 0.3 is 12.1 Å². The summed E-state index contributed by atoms with van der Waals surface area (Å²) in [6.45, 7) is 1.18. The van der Waals surface area contributed by atoms with Crippen molar-refractivity contribution in [2.75, 3.05) is 0 Å². The lowest BCUT2D eigenvalue weighted by Crippen LogP contribution is -2.52. The van der Waals surface area contributed by atoms with Crippen LogP contribution in [0.25, 0.3) is 0 Å². The molecule has 0 aliphatic carbocycles. The lowest BCUT2D eigenvalue weighted by molar-refractivity contribution is -0.142. The van der Waals surface area contributed by atoms with Crippen LogP contribution < -0.4 is 10.6 Å². The Hall–Kier alpha value is -3.43. The number of alkyl halides is 3. The first-order chi connectivity index (χ1) is 14.5. The Morgan fingerprint density at radius 1 is 0.871 bits per heavy atom. The number of hydrogen-bond acceptors (Lipinski definition) is 3. The zero-order chi connectivity index (χ0) is 23.2. The first kappa shape index (κ1) is 23.8. The molecule has 31 heavy (non-hydrogen) atoms. The molecule has 10 heteroatoms. The van der Waals surface area contributed by atoms with E-state index in [-0.39, 0.29) is 18.4 Å². The van der Waals surface area contributed by atoms with Crippen molar-refractivity contribution in [3.05, 3.63) is 71.0 Å². The SMILES string of the molecule is CC(=O)N[C@@H](Cc1ccc(F)cc1)C(=O)N[C@H](Cc1ccc(C(F)(F)F)cc1)C(=O)O. The Balaban J connectivity index is 2.12. The fourth-order valence-electron chi connectivity index (χ4n) is 2.85. The second-order valence-corrected chi connectivity index (χ2v) is 6.88. The molecule has 0 bridgehead atoms. The Labute approximate surface area is 175 Å². The summed E-state index contributed by atoms with van der Waals surface area (Å²) in [4.78, 5) is 35.7. The van der Waals surface area contributed by atoms with Gasteiger partial charge in [0.2, 0.25) is 11.8 Å². The Morgan fingerprint density at radius 2 is 1.35 bits per heavy atom. The lowest BCUT2D eigenvalue weighted by Gasteiger charge is -2.21. The first-order valence-corrected chi connectivity index (χ1v) is 9.16. The van der Waals surface area contributed by atoms with Crippen molar-refractivity contribution in [1.29, 1.82) is 0 Å². The number of benzene rings is 2. The highest BCUT2D eigenvalue weighted by Gasteiger charge is 2.30. The van der Waals surface area contributed by atoms with Crippen molar-refractivity contribution in [2.24, 2.45) is 0 Å². The topological polar surface area (TPSA) is 95.5 Å². The van der Waals surface area contributed by atoms with E-state index in [9.17, 15) is 37.1 Å². The largest absolute Gasteiger partial charge is 0.480 e. The van der Waals surface area contributed by atoms with E-state index in [1.807, 2.05) is 0 Å². The molecule has 0 saturated carbocycles. The normalized spacial score (nSPS) is 13.2. The third kappa shape index (κ3) is 7.40. The van der Waals surface area contributed by atoms with Crippen LogP contribution in [-0.2, 0) is 33.4 Å². The molecular formula is C21H20F4N2O4. The van der Waals surface area contributed by atoms with E-state index in [2.05, 4.69) is 10.6 Å². The van der Waals surface area contributed by atoms with Gasteiger partial charge in [-0.25, -0.2) is 9.18 Å². The fraction of sp³-hybridized carbons (Fsp3) is 0.286. The molecule has 2 aromatic carbocycles. The molecule has 0 aliphatic heterocycles. The quantitative estimate of drug-likeness (QED) is 0.550. The number of carbonyl (C=O) groups is 3. The molecule has 2 aromatic rings. The number of aliphatic carboxylic acids is 1. The van der Waals surface area contributed by atoms with E-state index in [0.29, 0.717) is 5.56 Å². The van der Waals surface area contributed by atoms with Crippen LogP contribution >= 0.6 is 0 Å². The maximum atomic E-state index is 13.1. The predicted molar refractivity (Wildman–Crippen MR) is 102 cm³/mol. The molecule has 0 fully saturated rings. The maximum absolute atomic E-state index is 13.1. The summed E-state index contributed by atoms with van der Waals surface area (Å²) >= 11 is 0. The summed E-state index contributed by atoms with van der Waals surface area (Å²) in [6, 6.07) is 6.57. The number of carbonyl (C=O) groups excluding carboxylic acids is 2. The molecule has 166 valence electrons. The van der Waals surface area contributed by atoms with Gasteiger partial charge in [-0.15, -0.1) is 0 Å². The van der Waals surface area contributed by atoms with Crippen molar-refractivity contribution in [3.63, 3.8) is 0 Å². The van der Waals surface area contributed by atoms with E-state index < -0.39 is 47.4 Å². The smallest absolute Gasteiger partial charge is 0.416 e. The fourth-order valence-corrected chi connectivity index (χ4v) is 2.85. The summed E-state index contributed by atoms with van der Waals surface area (Å²) in [7, 11) is 0. The molecule has 0 aromatic heterocycles. The first-order valence-electron chi connectivity index (χ1n) is 9.16. The number of rotatable bonds is 8. The minimum atomic E-state index is -4.52. The molecule has 2 atom stereocenters. The van der Waals surface area contributed by atoms with Gasteiger partial charge in [0, 0.05) is 19.8 Å². The van der Waals surface area contributed by atoms with E-state index in [1.165, 1.54) is 31.2 Å². The summed E-state index contributed by atoms with van der Waals surface area (Å²) in [5.74, 6) is -3.20. The molecule has 2 rings (SSSR count). The average Bonchev–Trinajstić information content (AvgIpc) is 2.68. The van der Waals surface area contributed by atoms with Crippen LogP contribution in [0.4, 0.5) is 17.6 Å². The van der Waals surface area contributed by atoms with Crippen molar-refractivity contribution in [1.82, 2.24) is 10.6 Å². The van der Waals surface area contributed by atoms with Gasteiger partial charge in [0.15, 0.2) is 0 Å². The molecule has 0 unspecified atom stereocenters. The van der Waals surface area contributed by atoms with Crippen LogP contribution in [0, 0.1) is 5.82 Å². The number of nitrogens with one attached hydrogen (secondary N) is 2. The van der Waals surface area contributed by atoms with Crippen molar-refractivity contribution >= 4 is 17.8 Å². The van der Waals surface area contributed by atoms with E-state index in [0.717, 1.165) is 24.3 Å². The summed E-state index contributed by atoms with van der Waals surface area (Å²) < 4.78 is 51.1. The highest BCUT2D eigenvalue weighted by molar-refractivity contribution is 5.90. The number of halogens is 4. The third-order valence-corrected chi connectivity index (χ3v) is 4.38. The zero-order valence-corrected chi connectivity index (χ0v) is 16.4. The van der Waals surface area contributed by atoms with E-state index in [1.54, 1.807) is 0 Å². The Kier molecular flexibility index (Phi) is 7.73. The van der Waals surface area contributed by atoms with Gasteiger partial charge in [-0.1, -0.05) is 24.3 Å². The summed E-state index contributed by atoms with van der Waals surface area (Å²) in [6.07, 6.45) is -4.80. The highest BCUT2D eigenvalue weighted by Crippen LogP contribution is 2.29. The van der Waals surface area contributed by atoms with Gasteiger partial charge < -0.3 is 15.7 Å². The molecule has 0 spiro atoms. The molecule has 0 radical (unpaired) electrons. The molecule has 0 aliphatic rings. The van der Waals surface area contributed by atoms with Crippen LogP contribution in [0.3, 0.4) is 0 Å². The average molecular weight is 440 g/mol. The number of hydrogen-bond donors (Lipinski definition) is 3. The minimum absolute atomic E-state index is 0.0156. The monoisotopic (exact) mass is 440 g/mol. The zero-order valence-electron chi connectivity index (χ0n) is 16.4. The van der Waals surface area contributed by atoms with Gasteiger partial charge in [-0.05, 0) is 35.4 Å². The molecular weight excluding hydrogens is 420 g/mol. The van der Waals surface area contributed by atoms with Gasteiger partial charge in [0.1, 0.15) is 17.9 Å². The van der Waals surface area contributed by atoms with E-state index in [4.69, 9.17) is 0 Å². The second kappa shape index (κ2) is 10.1. The minimum Gasteiger partial charge on any atom is -0.480 e. The molecule has 0 saturated heterocycles. The Bertz CT molecular complexity index is 928. The standard InChI is InChI=1S/C21H20F4N2O4/c1-12(28)26-17(10-14-4-8-16(22)9-5-14)19(29)27-18(20(30)31)11-13-2-6-15(7-3-13)21(23,24)25/h2-9,17-18H,10-11H2,1H3,(H,26,28)(H,27,29)(H,30,31)/t17-,18+/m0/s1. The number of carboxylic acids is 1. The van der Waals surface area contributed by atoms with Gasteiger partial charge in [0.25, 0.3) is 0 Å². The molecule has 2 amide bonds. The van der Waals surface area contributed by atoms with Gasteiger partial charge in [0.05, 0.1) is 5.56 Å². The van der Waals surface area contributed by atoms with E-state index >= 15 is 0 Å². The predicted octanol–water partition coefficient (Wildman–Crippen LogP) is 2.70. The lowest BCUT2D eigenvalue weighted by atomic mass is 10.0. The Morgan fingerprint density at radius 3 is 1.81 bits per heavy atom. The van der Waals surface area contributed by atoms with Gasteiger partial charge in [-0.2, -0.15) is 13.2 Å². The number of amides is 2. The maximum Gasteiger partial charge on any atom is 0.416 e. The summed E-state index contributed by atoms with van der Waals surface area (Å²) in [5, 5.41) is 14.1. The van der Waals surface area contributed by atoms with Crippen LogP contribution in [0.5, 0.6) is 0 Å². The second-order valence-electron chi connectivity index (χ2n) is 6.88. The third-order valence-electron chi connectivity index (χ3n) is 4.38. The number of carboxylic acid groups (broad SMARTS) is 1. The van der Waals surface area contributed by atoms with Gasteiger partial charge in [-0.3, -0.25) is 9.59 Å².